The maximum Gasteiger partial charge on any atom is 0.335 e. The van der Waals surface area contributed by atoms with Crippen LogP contribution < -0.4 is 16.6 Å². The zero-order valence-electron chi connectivity index (χ0n) is 21.5. The molecule has 2 heterocycles. The number of anilines is 1. The van der Waals surface area contributed by atoms with Gasteiger partial charge >= 0.3 is 17.3 Å². The molecule has 0 radical (unpaired) electrons. The minimum absolute atomic E-state index is 0.230. The van der Waals surface area contributed by atoms with Gasteiger partial charge in [0.2, 0.25) is 11.8 Å². The van der Waals surface area contributed by atoms with Crippen LogP contribution in [0.2, 0.25) is 0 Å². The number of nitro groups is 1. The Hall–Kier alpha value is -5.39. The molecule has 0 fully saturated rings. The van der Waals surface area contributed by atoms with Crippen LogP contribution in [0.3, 0.4) is 0 Å². The van der Waals surface area contributed by atoms with Gasteiger partial charge in [0, 0.05) is 17.7 Å². The Morgan fingerprint density at radius 1 is 1.20 bits per heavy atom. The number of H-pyrrole nitrogens is 1. The summed E-state index contributed by atoms with van der Waals surface area (Å²) in [4.78, 5) is 58.0. The highest BCUT2D eigenvalue weighted by Gasteiger charge is 2.25. The lowest BCUT2D eigenvalue weighted by Crippen LogP contribution is -2.33. The monoisotopic (exact) mass is 540 g/mol. The van der Waals surface area contributed by atoms with Gasteiger partial charge in [-0.2, -0.15) is 4.98 Å². The third kappa shape index (κ3) is 4.77. The molecule has 12 nitrogen and oxygen atoms in total. The fraction of sp³-hybridized carbons (Fsp3) is 0.179. The number of benzene rings is 2. The highest BCUT2D eigenvalue weighted by atomic mass is 16.6. The van der Waals surface area contributed by atoms with E-state index in [0.29, 0.717) is 0 Å². The summed E-state index contributed by atoms with van der Waals surface area (Å²) in [6.45, 7) is 3.43. The molecule has 1 unspecified atom stereocenters. The van der Waals surface area contributed by atoms with Gasteiger partial charge in [-0.3, -0.25) is 24.7 Å². The second kappa shape index (κ2) is 10.4. The molecule has 2 aromatic heterocycles. The number of aliphatic carboxylic acids is 1. The van der Waals surface area contributed by atoms with Crippen LogP contribution in [0.5, 0.6) is 0 Å². The number of aromatic amines is 1. The molecular formula is C28H24N6O6. The second-order valence-corrected chi connectivity index (χ2v) is 9.27. The first-order chi connectivity index (χ1) is 19.2. The zero-order valence-corrected chi connectivity index (χ0v) is 21.5. The number of carboxylic acid groups (broad SMARTS) is 1. The molecule has 1 aliphatic carbocycles. The van der Waals surface area contributed by atoms with E-state index in [9.17, 15) is 24.5 Å². The Labute approximate surface area is 226 Å². The van der Waals surface area contributed by atoms with E-state index in [2.05, 4.69) is 33.3 Å². The number of allylic oxidation sites excluding steroid dienone is 1. The van der Waals surface area contributed by atoms with E-state index >= 15 is 0 Å². The van der Waals surface area contributed by atoms with Crippen molar-refractivity contribution in [1.29, 1.82) is 0 Å². The Bertz CT molecular complexity index is 1820. The molecule has 5 rings (SSSR count). The van der Waals surface area contributed by atoms with Crippen molar-refractivity contribution < 1.29 is 14.8 Å². The number of aromatic nitrogens is 4. The van der Waals surface area contributed by atoms with E-state index in [-0.39, 0.29) is 17.3 Å². The molecule has 40 heavy (non-hydrogen) atoms. The number of carbonyl (C=O) groups is 1. The van der Waals surface area contributed by atoms with Gasteiger partial charge in [-0.25, -0.2) is 14.3 Å². The summed E-state index contributed by atoms with van der Waals surface area (Å²) in [6, 6.07) is 12.1. The number of rotatable bonds is 7. The fourth-order valence-corrected chi connectivity index (χ4v) is 4.79. The molecule has 4 aromatic rings. The third-order valence-corrected chi connectivity index (χ3v) is 6.81. The standard InChI is InChI=1S/C28H24N6O6/c1-3-16-7-8-19-20(10-9-17-15(2)5-4-6-18(17)21(19)11-16)22-14-33(28(38)32-26(22)37)27-30-12-23(34(39)40)25(31-27)29-13-24(35)36/h4-12,14,20H,3,13H2,1-2H3,(H,35,36)(H,29,30,31)(H,32,37,38). The Kier molecular flexibility index (Phi) is 6.82. The Morgan fingerprint density at radius 2 is 2.00 bits per heavy atom. The third-order valence-electron chi connectivity index (χ3n) is 6.81. The first kappa shape index (κ1) is 26.2. The SMILES string of the molecule is CCc1ccc2c(c1)-c1cccc(C)c1C=CC2c1cn(-c2ncc([N+](=O)[O-])c(NCC(=O)O)n2)c(=O)[nH]c1=O. The van der Waals surface area contributed by atoms with Crippen LogP contribution >= 0.6 is 0 Å². The number of aryl methyl sites for hydroxylation is 2. The van der Waals surface area contributed by atoms with E-state index in [1.165, 1.54) is 6.20 Å². The van der Waals surface area contributed by atoms with Crippen LogP contribution in [0.15, 0.2) is 64.5 Å². The molecule has 1 aliphatic rings. The van der Waals surface area contributed by atoms with Gasteiger partial charge in [0.05, 0.1) is 4.92 Å². The second-order valence-electron chi connectivity index (χ2n) is 9.27. The molecule has 0 amide bonds. The van der Waals surface area contributed by atoms with Crippen molar-refractivity contribution in [2.45, 2.75) is 26.2 Å². The topological polar surface area (TPSA) is 173 Å². The summed E-state index contributed by atoms with van der Waals surface area (Å²) in [7, 11) is 0. The quantitative estimate of drug-likeness (QED) is 0.234. The van der Waals surface area contributed by atoms with E-state index in [1.54, 1.807) is 0 Å². The summed E-state index contributed by atoms with van der Waals surface area (Å²) in [5, 5.41) is 22.8. The predicted molar refractivity (Wildman–Crippen MR) is 148 cm³/mol. The lowest BCUT2D eigenvalue weighted by Gasteiger charge is -2.18. The van der Waals surface area contributed by atoms with Crippen LogP contribution in [0.4, 0.5) is 11.5 Å². The zero-order chi connectivity index (χ0) is 28.6. The van der Waals surface area contributed by atoms with E-state index < -0.39 is 40.3 Å². The number of carboxylic acids is 1. The summed E-state index contributed by atoms with van der Waals surface area (Å²) < 4.78 is 0.976. The molecule has 0 saturated carbocycles. The molecule has 3 N–H and O–H groups in total. The van der Waals surface area contributed by atoms with Gasteiger partial charge in [-0.15, -0.1) is 0 Å². The largest absolute Gasteiger partial charge is 0.480 e. The van der Waals surface area contributed by atoms with Crippen molar-refractivity contribution in [2.24, 2.45) is 0 Å². The highest BCUT2D eigenvalue weighted by Crippen LogP contribution is 2.40. The number of nitrogens with one attached hydrogen (secondary N) is 2. The van der Waals surface area contributed by atoms with Gasteiger partial charge in [-0.1, -0.05) is 55.5 Å². The minimum Gasteiger partial charge on any atom is -0.480 e. The van der Waals surface area contributed by atoms with Crippen LogP contribution in [0, 0.1) is 17.0 Å². The molecule has 0 saturated heterocycles. The summed E-state index contributed by atoms with van der Waals surface area (Å²) in [5.74, 6) is -2.47. The molecule has 1 atom stereocenters. The summed E-state index contributed by atoms with van der Waals surface area (Å²) in [6.07, 6.45) is 6.88. The predicted octanol–water partition coefficient (Wildman–Crippen LogP) is 3.42. The van der Waals surface area contributed by atoms with Crippen molar-refractivity contribution in [2.75, 3.05) is 11.9 Å². The van der Waals surface area contributed by atoms with E-state index in [4.69, 9.17) is 5.11 Å². The van der Waals surface area contributed by atoms with Crippen molar-refractivity contribution >= 4 is 23.6 Å². The van der Waals surface area contributed by atoms with Crippen molar-refractivity contribution in [3.8, 4) is 17.1 Å². The van der Waals surface area contributed by atoms with Gasteiger partial charge in [0.1, 0.15) is 12.7 Å². The van der Waals surface area contributed by atoms with Crippen LogP contribution in [-0.4, -0.2) is 42.1 Å². The number of hydrogen-bond donors (Lipinski definition) is 3. The molecular weight excluding hydrogens is 516 g/mol. The average Bonchev–Trinajstić information content (AvgIpc) is 3.09. The van der Waals surface area contributed by atoms with Crippen LogP contribution in [-0.2, 0) is 11.2 Å². The van der Waals surface area contributed by atoms with E-state index in [1.807, 2.05) is 49.4 Å². The molecule has 0 spiro atoms. The average molecular weight is 541 g/mol. The van der Waals surface area contributed by atoms with Gasteiger partial charge in [0.15, 0.2) is 0 Å². The fourth-order valence-electron chi connectivity index (χ4n) is 4.79. The first-order valence-corrected chi connectivity index (χ1v) is 12.4. The lowest BCUT2D eigenvalue weighted by molar-refractivity contribution is -0.384. The molecule has 0 bridgehead atoms. The summed E-state index contributed by atoms with van der Waals surface area (Å²) >= 11 is 0. The maximum absolute atomic E-state index is 13.2. The molecule has 0 aliphatic heterocycles. The van der Waals surface area contributed by atoms with Crippen LogP contribution in [0.1, 0.15) is 40.7 Å². The number of fused-ring (bicyclic) bond motifs is 3. The van der Waals surface area contributed by atoms with Gasteiger partial charge in [0.25, 0.3) is 5.56 Å². The van der Waals surface area contributed by atoms with Crippen molar-refractivity contribution in [1.82, 2.24) is 19.5 Å². The Morgan fingerprint density at radius 3 is 2.73 bits per heavy atom. The summed E-state index contributed by atoms with van der Waals surface area (Å²) in [5.41, 5.74) is 4.29. The molecule has 12 heteroatoms. The van der Waals surface area contributed by atoms with Gasteiger partial charge in [-0.05, 0) is 46.7 Å². The highest BCUT2D eigenvalue weighted by molar-refractivity contribution is 5.83. The maximum atomic E-state index is 13.2. The molecule has 2 aromatic carbocycles. The van der Waals surface area contributed by atoms with Gasteiger partial charge < -0.3 is 10.4 Å². The van der Waals surface area contributed by atoms with Crippen molar-refractivity contribution in [3.63, 3.8) is 0 Å². The normalized spacial score (nSPS) is 13.7. The smallest absolute Gasteiger partial charge is 0.335 e. The Balaban J connectivity index is 1.69. The minimum atomic E-state index is -1.26. The number of nitrogens with zero attached hydrogens (tertiary/aromatic N) is 4. The van der Waals surface area contributed by atoms with Crippen LogP contribution in [0.25, 0.3) is 23.2 Å². The van der Waals surface area contributed by atoms with E-state index in [0.717, 1.165) is 50.6 Å². The number of hydrogen-bond acceptors (Lipinski definition) is 8. The van der Waals surface area contributed by atoms with Crippen molar-refractivity contribution in [3.05, 3.63) is 114 Å². The molecule has 202 valence electrons. The lowest BCUT2D eigenvalue weighted by atomic mass is 9.86. The first-order valence-electron chi connectivity index (χ1n) is 12.4.